The molecule has 0 amide bonds. The molecule has 3 heterocycles. The summed E-state index contributed by atoms with van der Waals surface area (Å²) in [4.78, 5) is 17.7. The SMILES string of the molecule is CCC(C)(C)n1nnnc1[C@H](c1cc2c(C)cc(C)cc2[nH]c1=O)[NH+]1CCC(O)CC1. The largest absolute Gasteiger partial charge is 0.393 e. The van der Waals surface area contributed by atoms with Crippen molar-refractivity contribution in [2.75, 3.05) is 13.1 Å². The van der Waals surface area contributed by atoms with E-state index >= 15 is 0 Å². The fourth-order valence-corrected chi connectivity index (χ4v) is 4.66. The molecule has 4 rings (SSSR count). The molecule has 31 heavy (non-hydrogen) atoms. The van der Waals surface area contributed by atoms with Gasteiger partial charge in [-0.3, -0.25) is 4.79 Å². The van der Waals surface area contributed by atoms with Crippen LogP contribution in [0.25, 0.3) is 10.9 Å². The van der Waals surface area contributed by atoms with Crippen LogP contribution in [0.2, 0.25) is 0 Å². The van der Waals surface area contributed by atoms with Gasteiger partial charge in [0.2, 0.25) is 5.82 Å². The number of tetrazole rings is 1. The van der Waals surface area contributed by atoms with Crippen LogP contribution in [0.15, 0.2) is 23.0 Å². The highest BCUT2D eigenvalue weighted by Gasteiger charge is 2.38. The van der Waals surface area contributed by atoms with Crippen LogP contribution in [0.1, 0.15) is 68.6 Å². The van der Waals surface area contributed by atoms with Crippen LogP contribution in [0, 0.1) is 13.8 Å². The minimum atomic E-state index is -0.304. The highest BCUT2D eigenvalue weighted by atomic mass is 16.3. The zero-order chi connectivity index (χ0) is 22.3. The number of piperidine rings is 1. The Kier molecular flexibility index (Phi) is 5.70. The lowest BCUT2D eigenvalue weighted by Crippen LogP contribution is -3.14. The van der Waals surface area contributed by atoms with Crippen molar-refractivity contribution in [3.05, 3.63) is 51.1 Å². The first-order valence-corrected chi connectivity index (χ1v) is 11.2. The minimum absolute atomic E-state index is 0.107. The van der Waals surface area contributed by atoms with Gasteiger partial charge in [0.05, 0.1) is 30.3 Å². The zero-order valence-corrected chi connectivity index (χ0v) is 19.1. The Hall–Kier alpha value is -2.58. The summed E-state index contributed by atoms with van der Waals surface area (Å²) in [5.41, 5.74) is 3.39. The van der Waals surface area contributed by atoms with Gasteiger partial charge >= 0.3 is 0 Å². The van der Waals surface area contributed by atoms with Crippen molar-refractivity contribution in [3.8, 4) is 0 Å². The number of fused-ring (bicyclic) bond motifs is 1. The molecule has 0 unspecified atom stereocenters. The van der Waals surface area contributed by atoms with Gasteiger partial charge < -0.3 is 15.0 Å². The van der Waals surface area contributed by atoms with Gasteiger partial charge in [-0.15, -0.1) is 5.10 Å². The van der Waals surface area contributed by atoms with Crippen molar-refractivity contribution >= 4 is 10.9 Å². The van der Waals surface area contributed by atoms with Crippen molar-refractivity contribution in [2.45, 2.75) is 71.6 Å². The molecule has 2 aromatic heterocycles. The quantitative estimate of drug-likeness (QED) is 0.574. The maximum Gasteiger partial charge on any atom is 0.258 e. The van der Waals surface area contributed by atoms with E-state index in [0.717, 1.165) is 41.5 Å². The summed E-state index contributed by atoms with van der Waals surface area (Å²) in [6.45, 7) is 11.9. The number of aromatic amines is 1. The molecular weight excluding hydrogens is 392 g/mol. The van der Waals surface area contributed by atoms with Crippen molar-refractivity contribution in [1.29, 1.82) is 0 Å². The molecule has 3 N–H and O–H groups in total. The average Bonchev–Trinajstić information content (AvgIpc) is 3.20. The average molecular weight is 426 g/mol. The predicted octanol–water partition coefficient (Wildman–Crippen LogP) is 1.41. The first-order chi connectivity index (χ1) is 14.7. The fourth-order valence-electron chi connectivity index (χ4n) is 4.66. The topological polar surface area (TPSA) is 101 Å². The van der Waals surface area contributed by atoms with Gasteiger partial charge in [-0.25, -0.2) is 4.68 Å². The highest BCUT2D eigenvalue weighted by molar-refractivity contribution is 5.83. The second-order valence-corrected chi connectivity index (χ2v) is 9.53. The van der Waals surface area contributed by atoms with E-state index in [0.29, 0.717) is 24.2 Å². The number of aryl methyl sites for hydroxylation is 2. The number of hydrogen-bond acceptors (Lipinski definition) is 5. The van der Waals surface area contributed by atoms with E-state index in [2.05, 4.69) is 54.3 Å². The maximum atomic E-state index is 13.3. The number of likely N-dealkylation sites (tertiary alicyclic amines) is 1. The maximum absolute atomic E-state index is 13.3. The number of hydrogen-bond donors (Lipinski definition) is 3. The van der Waals surface area contributed by atoms with Crippen LogP contribution in [0.5, 0.6) is 0 Å². The fraction of sp³-hybridized carbons (Fsp3) is 0.565. The number of aliphatic hydroxyl groups is 1. The van der Waals surface area contributed by atoms with Crippen molar-refractivity contribution in [1.82, 2.24) is 25.2 Å². The van der Waals surface area contributed by atoms with E-state index in [-0.39, 0.29) is 23.2 Å². The summed E-state index contributed by atoms with van der Waals surface area (Å²) in [6, 6.07) is 5.86. The summed E-state index contributed by atoms with van der Waals surface area (Å²) in [5.74, 6) is 0.702. The number of quaternary nitrogens is 1. The summed E-state index contributed by atoms with van der Waals surface area (Å²) in [5, 5.41) is 23.8. The van der Waals surface area contributed by atoms with E-state index in [4.69, 9.17) is 0 Å². The standard InChI is InChI=1S/C23H32N6O2/c1-6-23(4,5)29-21(25-26-27-29)20(28-9-7-16(30)8-10-28)18-13-17-15(3)11-14(2)12-19(17)24-22(18)31/h11-13,16,20,30H,6-10H2,1-5H3,(H,24,31)/p+1/t20-/m0/s1. The molecule has 0 aliphatic carbocycles. The summed E-state index contributed by atoms with van der Waals surface area (Å²) in [7, 11) is 0. The van der Waals surface area contributed by atoms with Crippen LogP contribution >= 0.6 is 0 Å². The zero-order valence-electron chi connectivity index (χ0n) is 19.1. The molecule has 1 saturated heterocycles. The molecule has 1 atom stereocenters. The Morgan fingerprint density at radius 2 is 1.97 bits per heavy atom. The molecule has 1 fully saturated rings. The first-order valence-electron chi connectivity index (χ1n) is 11.2. The van der Waals surface area contributed by atoms with E-state index in [1.54, 1.807) is 0 Å². The van der Waals surface area contributed by atoms with Gasteiger partial charge in [-0.2, -0.15) is 0 Å². The van der Waals surface area contributed by atoms with E-state index in [1.165, 1.54) is 4.90 Å². The van der Waals surface area contributed by atoms with Crippen LogP contribution in [-0.2, 0) is 5.54 Å². The van der Waals surface area contributed by atoms with E-state index in [1.807, 2.05) is 23.7 Å². The Balaban J connectivity index is 1.92. The van der Waals surface area contributed by atoms with Crippen molar-refractivity contribution in [2.24, 2.45) is 0 Å². The second kappa shape index (κ2) is 8.16. The molecule has 1 aromatic carbocycles. The van der Waals surface area contributed by atoms with E-state index < -0.39 is 0 Å². The molecule has 0 bridgehead atoms. The minimum Gasteiger partial charge on any atom is -0.393 e. The summed E-state index contributed by atoms with van der Waals surface area (Å²) < 4.78 is 1.88. The lowest BCUT2D eigenvalue weighted by Gasteiger charge is -2.34. The number of rotatable bonds is 5. The molecule has 1 aliphatic rings. The molecule has 3 aromatic rings. The van der Waals surface area contributed by atoms with Gasteiger partial charge in [0, 0.05) is 23.7 Å². The van der Waals surface area contributed by atoms with Crippen molar-refractivity contribution in [3.63, 3.8) is 0 Å². The number of nitrogens with one attached hydrogen (secondary N) is 2. The molecule has 0 radical (unpaired) electrons. The predicted molar refractivity (Wildman–Crippen MR) is 119 cm³/mol. The molecule has 0 saturated carbocycles. The van der Waals surface area contributed by atoms with Crippen LogP contribution in [-0.4, -0.2) is 49.5 Å². The van der Waals surface area contributed by atoms with Crippen LogP contribution < -0.4 is 10.5 Å². The Morgan fingerprint density at radius 3 is 2.65 bits per heavy atom. The second-order valence-electron chi connectivity index (χ2n) is 9.53. The lowest BCUT2D eigenvalue weighted by molar-refractivity contribution is -0.932. The van der Waals surface area contributed by atoms with E-state index in [9.17, 15) is 9.90 Å². The Labute approximate surface area is 182 Å². The van der Waals surface area contributed by atoms with Crippen molar-refractivity contribution < 1.29 is 10.0 Å². The number of aliphatic hydroxyl groups excluding tert-OH is 1. The first kappa shape index (κ1) is 21.6. The van der Waals surface area contributed by atoms with Gasteiger partial charge in [-0.05, 0) is 67.8 Å². The van der Waals surface area contributed by atoms with Crippen LogP contribution in [0.4, 0.5) is 0 Å². The molecular formula is C23H33N6O2+. The summed E-state index contributed by atoms with van der Waals surface area (Å²) >= 11 is 0. The molecule has 8 nitrogen and oxygen atoms in total. The third-order valence-corrected chi connectivity index (χ3v) is 6.85. The van der Waals surface area contributed by atoms with Gasteiger partial charge in [-0.1, -0.05) is 13.0 Å². The third-order valence-electron chi connectivity index (χ3n) is 6.85. The monoisotopic (exact) mass is 425 g/mol. The number of nitrogens with zero attached hydrogens (tertiary/aromatic N) is 4. The molecule has 166 valence electrons. The smallest absolute Gasteiger partial charge is 0.258 e. The van der Waals surface area contributed by atoms with Crippen LogP contribution in [0.3, 0.4) is 0 Å². The highest BCUT2D eigenvalue weighted by Crippen LogP contribution is 2.26. The number of benzene rings is 1. The number of aromatic nitrogens is 5. The van der Waals surface area contributed by atoms with Gasteiger partial charge in [0.1, 0.15) is 0 Å². The number of H-pyrrole nitrogens is 1. The Morgan fingerprint density at radius 1 is 1.26 bits per heavy atom. The molecule has 1 aliphatic heterocycles. The molecule has 0 spiro atoms. The van der Waals surface area contributed by atoms with Gasteiger partial charge in [0.15, 0.2) is 6.04 Å². The normalized spacial score (nSPS) is 20.8. The summed E-state index contributed by atoms with van der Waals surface area (Å²) in [6.07, 6.45) is 1.98. The third kappa shape index (κ3) is 4.02. The van der Waals surface area contributed by atoms with Gasteiger partial charge in [0.25, 0.3) is 5.56 Å². The molecule has 8 heteroatoms. The lowest BCUT2D eigenvalue weighted by atomic mass is 9.96. The Bertz CT molecular complexity index is 1140. The number of pyridine rings is 1.